The molecule has 3 nitrogen and oxygen atoms in total. The first-order chi connectivity index (χ1) is 8.61. The summed E-state index contributed by atoms with van der Waals surface area (Å²) in [5.41, 5.74) is 6.55. The Labute approximate surface area is 125 Å². The minimum atomic E-state index is -0.241. The zero-order valence-electron chi connectivity index (χ0n) is 10.8. The van der Waals surface area contributed by atoms with Gasteiger partial charge in [0.25, 0.3) is 5.91 Å². The Bertz CT molecular complexity index is 431. The van der Waals surface area contributed by atoms with E-state index >= 15 is 0 Å². The van der Waals surface area contributed by atoms with E-state index in [0.29, 0.717) is 17.1 Å². The van der Waals surface area contributed by atoms with Crippen LogP contribution in [-0.2, 0) is 0 Å². The Morgan fingerprint density at radius 1 is 1.26 bits per heavy atom. The molecule has 0 heterocycles. The Morgan fingerprint density at radius 3 is 2.53 bits per heavy atom. The summed E-state index contributed by atoms with van der Waals surface area (Å²) in [7, 11) is 0. The lowest BCUT2D eigenvalue weighted by atomic mass is 9.82. The van der Waals surface area contributed by atoms with E-state index in [2.05, 4.69) is 5.32 Å². The zero-order valence-corrected chi connectivity index (χ0v) is 12.4. The third kappa shape index (κ3) is 4.37. The smallest absolute Gasteiger partial charge is 0.252 e. The van der Waals surface area contributed by atoms with E-state index in [1.165, 1.54) is 6.42 Å². The number of halogens is 2. The van der Waals surface area contributed by atoms with Gasteiger partial charge in [-0.1, -0.05) is 43.0 Å². The van der Waals surface area contributed by atoms with Gasteiger partial charge in [-0.3, -0.25) is 4.79 Å². The highest BCUT2D eigenvalue weighted by atomic mass is 35.5. The molecule has 5 heteroatoms. The van der Waals surface area contributed by atoms with Crippen LogP contribution in [0.1, 0.15) is 42.5 Å². The van der Waals surface area contributed by atoms with Gasteiger partial charge in [0, 0.05) is 12.1 Å². The van der Waals surface area contributed by atoms with Crippen molar-refractivity contribution in [2.45, 2.75) is 37.6 Å². The predicted molar refractivity (Wildman–Crippen MR) is 81.0 cm³/mol. The molecule has 0 unspecified atom stereocenters. The predicted octanol–water partition coefficient (Wildman–Crippen LogP) is 3.15. The van der Waals surface area contributed by atoms with Gasteiger partial charge in [0.05, 0.1) is 10.6 Å². The normalized spacial score (nSPS) is 17.4. The van der Waals surface area contributed by atoms with E-state index in [4.69, 9.17) is 17.3 Å². The van der Waals surface area contributed by atoms with Gasteiger partial charge in [-0.05, 0) is 25.0 Å². The van der Waals surface area contributed by atoms with Crippen molar-refractivity contribution < 1.29 is 4.79 Å². The first-order valence-corrected chi connectivity index (χ1v) is 6.80. The second-order valence-corrected chi connectivity index (χ2v) is 5.49. The number of nitrogens with two attached hydrogens (primary N) is 1. The van der Waals surface area contributed by atoms with Crippen LogP contribution in [0.25, 0.3) is 0 Å². The van der Waals surface area contributed by atoms with Crippen molar-refractivity contribution in [1.82, 2.24) is 5.32 Å². The van der Waals surface area contributed by atoms with Gasteiger partial charge in [0.15, 0.2) is 0 Å². The molecular weight excluding hydrogens is 283 g/mol. The van der Waals surface area contributed by atoms with Gasteiger partial charge in [-0.25, -0.2) is 0 Å². The van der Waals surface area contributed by atoms with Crippen molar-refractivity contribution in [2.75, 3.05) is 6.54 Å². The van der Waals surface area contributed by atoms with Crippen LogP contribution in [0.2, 0.25) is 5.02 Å². The van der Waals surface area contributed by atoms with E-state index in [0.717, 1.165) is 25.7 Å². The largest absolute Gasteiger partial charge is 0.350 e. The van der Waals surface area contributed by atoms with Crippen molar-refractivity contribution in [1.29, 1.82) is 0 Å². The summed E-state index contributed by atoms with van der Waals surface area (Å²) in [4.78, 5) is 12.0. The standard InChI is InChI=1S/C14H19ClN2O.ClH/c15-12-7-3-2-6-11(12)13(18)17-10-14(16)8-4-1-5-9-14;/h2-3,6-7H,1,4-5,8-10,16H2,(H,17,18);1H. The lowest BCUT2D eigenvalue weighted by Gasteiger charge is -2.33. The second-order valence-electron chi connectivity index (χ2n) is 5.09. The number of carbonyl (C=O) groups excluding carboxylic acids is 1. The highest BCUT2D eigenvalue weighted by molar-refractivity contribution is 6.33. The lowest BCUT2D eigenvalue weighted by molar-refractivity contribution is 0.0938. The van der Waals surface area contributed by atoms with E-state index < -0.39 is 0 Å². The maximum atomic E-state index is 12.0. The molecule has 1 amide bonds. The molecule has 2 rings (SSSR count). The number of carbonyl (C=O) groups is 1. The van der Waals surface area contributed by atoms with Gasteiger partial charge in [0.1, 0.15) is 0 Å². The summed E-state index contributed by atoms with van der Waals surface area (Å²) < 4.78 is 0. The SMILES string of the molecule is Cl.NC1(CNC(=O)c2ccccc2Cl)CCCCC1. The van der Waals surface area contributed by atoms with Gasteiger partial charge < -0.3 is 11.1 Å². The highest BCUT2D eigenvalue weighted by Gasteiger charge is 2.27. The maximum Gasteiger partial charge on any atom is 0.252 e. The minimum Gasteiger partial charge on any atom is -0.350 e. The van der Waals surface area contributed by atoms with Crippen molar-refractivity contribution in [3.8, 4) is 0 Å². The average Bonchev–Trinajstić information content (AvgIpc) is 2.38. The van der Waals surface area contributed by atoms with Crippen molar-refractivity contribution >= 4 is 29.9 Å². The molecule has 1 fully saturated rings. The summed E-state index contributed by atoms with van der Waals surface area (Å²) in [6.07, 6.45) is 5.51. The molecule has 0 spiro atoms. The van der Waals surface area contributed by atoms with Gasteiger partial charge in [0.2, 0.25) is 0 Å². The van der Waals surface area contributed by atoms with Crippen LogP contribution in [-0.4, -0.2) is 18.0 Å². The molecule has 1 aromatic carbocycles. The third-order valence-corrected chi connectivity index (χ3v) is 3.90. The Hall–Kier alpha value is -0.770. The summed E-state index contributed by atoms with van der Waals surface area (Å²) in [6, 6.07) is 7.06. The number of amides is 1. The first kappa shape index (κ1) is 16.3. The first-order valence-electron chi connectivity index (χ1n) is 6.42. The Balaban J connectivity index is 0.00000180. The van der Waals surface area contributed by atoms with E-state index in [1.54, 1.807) is 18.2 Å². The molecule has 0 radical (unpaired) electrons. The lowest BCUT2D eigenvalue weighted by Crippen LogP contribution is -2.51. The summed E-state index contributed by atoms with van der Waals surface area (Å²) in [5, 5.41) is 3.38. The molecule has 106 valence electrons. The maximum absolute atomic E-state index is 12.0. The topological polar surface area (TPSA) is 55.1 Å². The Kier molecular flexibility index (Phi) is 6.11. The quantitative estimate of drug-likeness (QED) is 0.901. The monoisotopic (exact) mass is 302 g/mol. The van der Waals surface area contributed by atoms with Crippen molar-refractivity contribution in [3.63, 3.8) is 0 Å². The summed E-state index contributed by atoms with van der Waals surface area (Å²) >= 11 is 5.98. The fourth-order valence-electron chi connectivity index (χ4n) is 2.43. The van der Waals surface area contributed by atoms with Gasteiger partial charge in [-0.2, -0.15) is 0 Å². The van der Waals surface area contributed by atoms with Crippen LogP contribution in [0.3, 0.4) is 0 Å². The fraction of sp³-hybridized carbons (Fsp3) is 0.500. The number of hydrogen-bond donors (Lipinski definition) is 2. The van der Waals surface area contributed by atoms with Gasteiger partial charge >= 0.3 is 0 Å². The molecule has 1 aliphatic carbocycles. The zero-order chi connectivity index (χ0) is 13.0. The number of rotatable bonds is 3. The minimum absolute atomic E-state index is 0. The third-order valence-electron chi connectivity index (χ3n) is 3.57. The van der Waals surface area contributed by atoms with Crippen molar-refractivity contribution in [2.24, 2.45) is 5.73 Å². The second kappa shape index (κ2) is 7.13. The van der Waals surface area contributed by atoms with E-state index in [1.807, 2.05) is 6.07 Å². The van der Waals surface area contributed by atoms with E-state index in [9.17, 15) is 4.79 Å². The summed E-state index contributed by atoms with van der Waals surface area (Å²) in [5.74, 6) is -0.143. The average molecular weight is 303 g/mol. The molecule has 3 N–H and O–H groups in total. The van der Waals surface area contributed by atoms with Crippen LogP contribution in [0.15, 0.2) is 24.3 Å². The van der Waals surface area contributed by atoms with E-state index in [-0.39, 0.29) is 23.9 Å². The molecule has 0 atom stereocenters. The Morgan fingerprint density at radius 2 is 1.89 bits per heavy atom. The molecule has 0 saturated heterocycles. The van der Waals surface area contributed by atoms with Gasteiger partial charge in [-0.15, -0.1) is 12.4 Å². The number of benzene rings is 1. The molecule has 1 saturated carbocycles. The molecule has 19 heavy (non-hydrogen) atoms. The highest BCUT2D eigenvalue weighted by Crippen LogP contribution is 2.25. The summed E-state index contributed by atoms with van der Waals surface area (Å²) in [6.45, 7) is 0.525. The molecule has 0 aromatic heterocycles. The number of nitrogens with one attached hydrogen (secondary N) is 1. The molecular formula is C14H20Cl2N2O. The van der Waals surface area contributed by atoms with Crippen LogP contribution in [0.5, 0.6) is 0 Å². The van der Waals surface area contributed by atoms with Crippen LogP contribution < -0.4 is 11.1 Å². The molecule has 0 aliphatic heterocycles. The van der Waals surface area contributed by atoms with Crippen LogP contribution in [0.4, 0.5) is 0 Å². The molecule has 1 aliphatic rings. The van der Waals surface area contributed by atoms with Crippen molar-refractivity contribution in [3.05, 3.63) is 34.9 Å². The fourth-order valence-corrected chi connectivity index (χ4v) is 2.65. The number of hydrogen-bond acceptors (Lipinski definition) is 2. The van der Waals surface area contributed by atoms with Crippen LogP contribution >= 0.6 is 24.0 Å². The van der Waals surface area contributed by atoms with Crippen LogP contribution in [0, 0.1) is 0 Å². The molecule has 0 bridgehead atoms. The molecule has 1 aromatic rings.